The maximum absolute atomic E-state index is 15.0. The summed E-state index contributed by atoms with van der Waals surface area (Å²) in [5.74, 6) is -5.56. The predicted octanol–water partition coefficient (Wildman–Crippen LogP) is 5.42. The average Bonchev–Trinajstić information content (AvgIpc) is 3.20. The largest absolute Gasteiger partial charge is 0.459 e. The summed E-state index contributed by atoms with van der Waals surface area (Å²) in [6.07, 6.45) is -8.81. The number of rotatable bonds is 7. The number of hydrogen-bond donors (Lipinski definition) is 5. The maximum atomic E-state index is 15.0. The summed E-state index contributed by atoms with van der Waals surface area (Å²) in [4.78, 5) is 50.3. The molecule has 1 amide bonds. The van der Waals surface area contributed by atoms with Gasteiger partial charge >= 0.3 is 12.1 Å². The van der Waals surface area contributed by atoms with Crippen LogP contribution in [0.15, 0.2) is 46.2 Å². The number of aliphatic hydroxyl groups excluding tert-OH is 2. The van der Waals surface area contributed by atoms with Crippen molar-refractivity contribution in [3.8, 4) is 0 Å². The van der Waals surface area contributed by atoms with E-state index in [2.05, 4.69) is 5.32 Å². The molecule has 5 rings (SSSR count). The van der Waals surface area contributed by atoms with Crippen LogP contribution in [0.1, 0.15) is 74.7 Å². The number of carbonyl (C=O) groups excluding carboxylic acids is 3. The van der Waals surface area contributed by atoms with Crippen molar-refractivity contribution in [1.82, 2.24) is 4.90 Å². The highest BCUT2D eigenvalue weighted by atomic mass is 32.2. The maximum Gasteiger partial charge on any atom is 0.419 e. The molecule has 16 heteroatoms. The van der Waals surface area contributed by atoms with Crippen LogP contribution in [-0.4, -0.2) is 139 Å². The van der Waals surface area contributed by atoms with E-state index in [1.54, 1.807) is 27.8 Å². The van der Waals surface area contributed by atoms with Gasteiger partial charge in [0.1, 0.15) is 29.7 Å². The number of Topliss-reactive ketones (excluding diaryl/α,β-unsaturated/α-hetero) is 1. The lowest BCUT2D eigenvalue weighted by molar-refractivity contribution is -0.299. The van der Waals surface area contributed by atoms with E-state index >= 15 is 4.79 Å². The minimum absolute atomic E-state index is 0.0874. The van der Waals surface area contributed by atoms with Crippen LogP contribution in [0.2, 0.25) is 0 Å². The molecule has 0 aromatic heterocycles. The molecule has 0 bridgehead atoms. The molecule has 3 heterocycles. The van der Waals surface area contributed by atoms with Gasteiger partial charge in [-0.1, -0.05) is 39.5 Å². The molecule has 2 aromatic rings. The highest BCUT2D eigenvalue weighted by Gasteiger charge is 2.52. The minimum atomic E-state index is -2.06. The van der Waals surface area contributed by atoms with Crippen LogP contribution < -0.4 is 15.1 Å². The zero-order valence-electron chi connectivity index (χ0n) is 37.9. The molecular weight excluding hydrogens is 805 g/mol. The number of ether oxygens (including phenoxy) is 4. The predicted molar refractivity (Wildman–Crippen MR) is 234 cm³/mol. The fraction of sp³-hybridized carbons (Fsp3) is 0.667. The first-order chi connectivity index (χ1) is 28.4. The molecular formula is C45H68N4O11S. The first kappa shape index (κ1) is 48.6. The number of benzene rings is 2. The SMILES string of the molecule is CC[C@H]1OC(=O)[C@H](C)[C@@H](OC(=O)N2c3ccc(NC)cc3Sc3cc(N(C)C)ccc32)[C@H](C)[C@@H](O[C@@H]2O[C@H](C)C[C@H](N(C)C)[C@H]2O)[C@](C)(O)C[C@@H](C)C(=O)[C@H](C)[C@@H](O)[C@]1(C)O. The Hall–Kier alpha value is -3.48. The minimum Gasteiger partial charge on any atom is -0.459 e. The molecule has 3 aliphatic rings. The number of nitrogens with zero attached hydrogens (tertiary/aromatic N) is 3. The van der Waals surface area contributed by atoms with Crippen LogP contribution in [0, 0.1) is 23.7 Å². The van der Waals surface area contributed by atoms with Crippen molar-refractivity contribution in [1.29, 1.82) is 0 Å². The highest BCUT2D eigenvalue weighted by molar-refractivity contribution is 7.99. The van der Waals surface area contributed by atoms with E-state index in [0.29, 0.717) is 17.8 Å². The second-order valence-corrected chi connectivity index (χ2v) is 19.3. The van der Waals surface area contributed by atoms with E-state index in [0.717, 1.165) is 21.2 Å². The van der Waals surface area contributed by atoms with Crippen LogP contribution in [0.4, 0.5) is 27.5 Å². The molecule has 0 saturated carbocycles. The zero-order chi connectivity index (χ0) is 45.5. The van der Waals surface area contributed by atoms with Crippen molar-refractivity contribution >= 4 is 52.4 Å². The van der Waals surface area contributed by atoms with Crippen molar-refractivity contribution in [3.05, 3.63) is 36.4 Å². The lowest BCUT2D eigenvalue weighted by atomic mass is 9.74. The lowest BCUT2D eigenvalue weighted by Crippen LogP contribution is -2.60. The van der Waals surface area contributed by atoms with E-state index in [1.807, 2.05) is 81.3 Å². The van der Waals surface area contributed by atoms with Gasteiger partial charge in [-0.25, -0.2) is 9.69 Å². The number of carbonyl (C=O) groups is 3. The van der Waals surface area contributed by atoms with Crippen molar-refractivity contribution < 1.29 is 53.8 Å². The van der Waals surface area contributed by atoms with E-state index in [9.17, 15) is 30.0 Å². The van der Waals surface area contributed by atoms with Crippen LogP contribution in [-0.2, 0) is 28.5 Å². The van der Waals surface area contributed by atoms with Crippen LogP contribution in [0.5, 0.6) is 0 Å². The Morgan fingerprint density at radius 3 is 2.18 bits per heavy atom. The molecule has 5 N–H and O–H groups in total. The normalized spacial score (nSPS) is 36.3. The van der Waals surface area contributed by atoms with Gasteiger partial charge < -0.3 is 54.5 Å². The third kappa shape index (κ3) is 10.0. The van der Waals surface area contributed by atoms with Crippen molar-refractivity contribution in [3.63, 3.8) is 0 Å². The average molecular weight is 873 g/mol. The molecule has 0 spiro atoms. The molecule has 2 saturated heterocycles. The number of ketones is 1. The quantitative estimate of drug-likeness (QED) is 0.222. The number of fused-ring (bicyclic) bond motifs is 2. The van der Waals surface area contributed by atoms with Gasteiger partial charge in [-0.3, -0.25) is 9.59 Å². The molecule has 15 nitrogen and oxygen atoms in total. The molecule has 61 heavy (non-hydrogen) atoms. The van der Waals surface area contributed by atoms with E-state index in [-0.39, 0.29) is 25.0 Å². The molecule has 0 aliphatic carbocycles. The third-order valence-electron chi connectivity index (χ3n) is 12.9. The van der Waals surface area contributed by atoms with Gasteiger partial charge in [-0.2, -0.15) is 0 Å². The number of esters is 1. The van der Waals surface area contributed by atoms with Gasteiger partial charge in [0.2, 0.25) is 0 Å². The van der Waals surface area contributed by atoms with E-state index in [1.165, 1.54) is 44.4 Å². The molecule has 2 fully saturated rings. The third-order valence-corrected chi connectivity index (χ3v) is 14.0. The number of nitrogens with one attached hydrogen (secondary N) is 1. The molecule has 340 valence electrons. The van der Waals surface area contributed by atoms with Gasteiger partial charge in [0, 0.05) is 66.1 Å². The zero-order valence-corrected chi connectivity index (χ0v) is 38.7. The highest BCUT2D eigenvalue weighted by Crippen LogP contribution is 2.51. The Bertz CT molecular complexity index is 1890. The number of cyclic esters (lactones) is 1. The van der Waals surface area contributed by atoms with Gasteiger partial charge in [0.05, 0.1) is 41.2 Å². The number of likely N-dealkylation sites (N-methyl/N-ethyl adjacent to an activating group) is 1. The standard InChI is InChI=1S/C45H68N4O11S/c1-14-35-45(8,56)39(52)25(4)36(50)23(2)22-44(7,55)40(60-42-37(51)32(48(12)13)19-24(3)57-42)26(5)38(27(6)41(53)58-35)59-43(54)49-30-17-15-28(46-9)20-33(30)61-34-21-29(47(10)11)16-18-31(34)49/h15-18,20-21,23-27,32,35,37-40,42,46,51-52,55-56H,14,19,22H2,1-13H3/t23-,24-,25+,26+,27-,32+,35-,37-,38+,39-,40-,42+,44-,45-/m1/s1. The Morgan fingerprint density at radius 1 is 0.967 bits per heavy atom. The second-order valence-electron chi connectivity index (χ2n) is 18.2. The molecule has 3 aliphatic heterocycles. The van der Waals surface area contributed by atoms with E-state index < -0.39 is 89.5 Å². The first-order valence-corrected chi connectivity index (χ1v) is 22.1. The summed E-state index contributed by atoms with van der Waals surface area (Å²) >= 11 is 1.50. The summed E-state index contributed by atoms with van der Waals surface area (Å²) < 4.78 is 25.4. The molecule has 14 atom stereocenters. The summed E-state index contributed by atoms with van der Waals surface area (Å²) in [7, 11) is 9.34. The summed E-state index contributed by atoms with van der Waals surface area (Å²) in [5, 5.41) is 50.6. The van der Waals surface area contributed by atoms with Gasteiger partial charge in [-0.15, -0.1) is 0 Å². The van der Waals surface area contributed by atoms with Crippen LogP contribution in [0.25, 0.3) is 0 Å². The molecule has 0 unspecified atom stereocenters. The summed E-state index contributed by atoms with van der Waals surface area (Å²) in [5.41, 5.74) is -1.11. The van der Waals surface area contributed by atoms with E-state index in [4.69, 9.17) is 18.9 Å². The Balaban J connectivity index is 1.66. The Kier molecular flexibility index (Phi) is 15.2. The van der Waals surface area contributed by atoms with Crippen molar-refractivity contribution in [2.24, 2.45) is 23.7 Å². The summed E-state index contributed by atoms with van der Waals surface area (Å²) in [6.45, 7) is 12.7. The van der Waals surface area contributed by atoms with Crippen molar-refractivity contribution in [2.45, 2.75) is 145 Å². The van der Waals surface area contributed by atoms with Gasteiger partial charge in [0.25, 0.3) is 0 Å². The lowest BCUT2D eigenvalue weighted by Gasteiger charge is -2.47. The monoisotopic (exact) mass is 872 g/mol. The fourth-order valence-corrected chi connectivity index (χ4v) is 10.3. The molecule has 2 aromatic carbocycles. The van der Waals surface area contributed by atoms with Crippen LogP contribution >= 0.6 is 11.8 Å². The number of aliphatic hydroxyl groups is 4. The number of amides is 1. The number of anilines is 4. The smallest absolute Gasteiger partial charge is 0.419 e. The van der Waals surface area contributed by atoms with Gasteiger partial charge in [0.15, 0.2) is 6.29 Å². The Morgan fingerprint density at radius 2 is 1.59 bits per heavy atom. The second kappa shape index (κ2) is 19.1. The first-order valence-electron chi connectivity index (χ1n) is 21.3. The summed E-state index contributed by atoms with van der Waals surface area (Å²) in [6, 6.07) is 10.9. The number of hydrogen-bond acceptors (Lipinski definition) is 15. The topological polar surface area (TPSA) is 191 Å². The van der Waals surface area contributed by atoms with Crippen molar-refractivity contribution in [2.75, 3.05) is 50.4 Å². The fourth-order valence-electron chi connectivity index (χ4n) is 9.21. The van der Waals surface area contributed by atoms with Crippen LogP contribution in [0.3, 0.4) is 0 Å². The Labute approximate surface area is 365 Å². The van der Waals surface area contributed by atoms with Gasteiger partial charge in [-0.05, 0) is 97.5 Å². The molecule has 0 radical (unpaired) electrons.